The Bertz CT molecular complexity index is 510. The van der Waals surface area contributed by atoms with E-state index >= 15 is 0 Å². The van der Waals surface area contributed by atoms with E-state index in [0.717, 1.165) is 23.3 Å². The molecule has 1 aromatic carbocycles. The highest BCUT2D eigenvalue weighted by Gasteiger charge is 2.06. The summed E-state index contributed by atoms with van der Waals surface area (Å²) in [4.78, 5) is 14.2. The minimum Gasteiger partial charge on any atom is -0.384 e. The molecular formula is C10H13N3O. The quantitative estimate of drug-likeness (QED) is 0.751. The molecule has 2 rings (SSSR count). The van der Waals surface area contributed by atoms with Crippen LogP contribution >= 0.6 is 0 Å². The fourth-order valence-electron chi connectivity index (χ4n) is 1.64. The number of hydrogen-bond acceptors (Lipinski definition) is 2. The predicted molar refractivity (Wildman–Crippen MR) is 57.7 cm³/mol. The summed E-state index contributed by atoms with van der Waals surface area (Å²) < 4.78 is 1.62. The molecule has 2 N–H and O–H groups in total. The van der Waals surface area contributed by atoms with Gasteiger partial charge >= 0.3 is 5.69 Å². The lowest BCUT2D eigenvalue weighted by Crippen LogP contribution is -2.12. The fraction of sp³-hybridized carbons (Fsp3) is 0.300. The molecule has 0 aliphatic heterocycles. The summed E-state index contributed by atoms with van der Waals surface area (Å²) in [6.07, 6.45) is 0. The van der Waals surface area contributed by atoms with Crippen molar-refractivity contribution >= 4 is 16.7 Å². The summed E-state index contributed by atoms with van der Waals surface area (Å²) in [5, 5.41) is 3.22. The normalized spacial score (nSPS) is 10.7. The monoisotopic (exact) mass is 191 g/mol. The van der Waals surface area contributed by atoms with Crippen LogP contribution in [0.4, 0.5) is 5.69 Å². The van der Waals surface area contributed by atoms with Crippen molar-refractivity contribution < 1.29 is 0 Å². The van der Waals surface area contributed by atoms with E-state index in [4.69, 9.17) is 0 Å². The number of rotatable bonds is 2. The molecule has 0 fully saturated rings. The van der Waals surface area contributed by atoms with Gasteiger partial charge in [0.25, 0.3) is 0 Å². The van der Waals surface area contributed by atoms with Gasteiger partial charge < -0.3 is 10.3 Å². The summed E-state index contributed by atoms with van der Waals surface area (Å²) in [7, 11) is 1.77. The number of nitrogens with zero attached hydrogens (tertiary/aromatic N) is 1. The first-order valence-corrected chi connectivity index (χ1v) is 4.65. The highest BCUT2D eigenvalue weighted by molar-refractivity contribution is 5.88. The fourth-order valence-corrected chi connectivity index (χ4v) is 1.64. The maximum Gasteiger partial charge on any atom is 0.326 e. The van der Waals surface area contributed by atoms with Gasteiger partial charge in [-0.15, -0.1) is 0 Å². The molecule has 0 bridgehead atoms. The highest BCUT2D eigenvalue weighted by Crippen LogP contribution is 2.19. The van der Waals surface area contributed by atoms with E-state index in [1.165, 1.54) is 0 Å². The van der Waals surface area contributed by atoms with Gasteiger partial charge in [-0.05, 0) is 19.1 Å². The van der Waals surface area contributed by atoms with Crippen molar-refractivity contribution in [3.05, 3.63) is 28.7 Å². The molecule has 2 aromatic rings. The second-order valence-corrected chi connectivity index (χ2v) is 3.22. The van der Waals surface area contributed by atoms with E-state index in [1.54, 1.807) is 11.6 Å². The smallest absolute Gasteiger partial charge is 0.326 e. The molecule has 0 spiro atoms. The Balaban J connectivity index is 2.77. The van der Waals surface area contributed by atoms with Crippen molar-refractivity contribution in [2.45, 2.75) is 6.92 Å². The van der Waals surface area contributed by atoms with Crippen molar-refractivity contribution in [3.63, 3.8) is 0 Å². The molecule has 14 heavy (non-hydrogen) atoms. The number of aromatic amines is 1. The molecule has 1 aromatic heterocycles. The summed E-state index contributed by atoms with van der Waals surface area (Å²) in [5.41, 5.74) is 2.71. The Kier molecular flexibility index (Phi) is 2.04. The molecule has 1 heterocycles. The van der Waals surface area contributed by atoms with E-state index in [-0.39, 0.29) is 5.69 Å². The molecule has 0 amide bonds. The van der Waals surface area contributed by atoms with Crippen LogP contribution < -0.4 is 11.0 Å². The third-order valence-corrected chi connectivity index (χ3v) is 2.28. The molecule has 0 aliphatic carbocycles. The van der Waals surface area contributed by atoms with Crippen LogP contribution in [0.5, 0.6) is 0 Å². The molecule has 0 unspecified atom stereocenters. The molecule has 0 saturated heterocycles. The van der Waals surface area contributed by atoms with Crippen molar-refractivity contribution in [1.29, 1.82) is 0 Å². The molecule has 4 heteroatoms. The first-order chi connectivity index (χ1) is 6.74. The third kappa shape index (κ3) is 1.19. The van der Waals surface area contributed by atoms with Gasteiger partial charge in [-0.3, -0.25) is 4.57 Å². The molecule has 74 valence electrons. The van der Waals surface area contributed by atoms with Crippen LogP contribution in [-0.4, -0.2) is 16.1 Å². The van der Waals surface area contributed by atoms with Crippen molar-refractivity contribution in [2.75, 3.05) is 11.9 Å². The third-order valence-electron chi connectivity index (χ3n) is 2.28. The molecule has 0 radical (unpaired) electrons. The van der Waals surface area contributed by atoms with Crippen molar-refractivity contribution in [2.24, 2.45) is 7.05 Å². The number of nitrogens with one attached hydrogen (secondary N) is 2. The Morgan fingerprint density at radius 1 is 1.50 bits per heavy atom. The first kappa shape index (κ1) is 8.87. The van der Waals surface area contributed by atoms with E-state index in [1.807, 2.05) is 25.1 Å². The van der Waals surface area contributed by atoms with Crippen LogP contribution in [-0.2, 0) is 7.05 Å². The molecular weight excluding hydrogens is 178 g/mol. The van der Waals surface area contributed by atoms with E-state index in [2.05, 4.69) is 10.3 Å². The van der Waals surface area contributed by atoms with Gasteiger partial charge in [0.05, 0.1) is 16.7 Å². The van der Waals surface area contributed by atoms with E-state index in [9.17, 15) is 4.79 Å². The number of fused-ring (bicyclic) bond motifs is 1. The van der Waals surface area contributed by atoms with Gasteiger partial charge in [0.15, 0.2) is 0 Å². The van der Waals surface area contributed by atoms with Crippen LogP contribution in [0.3, 0.4) is 0 Å². The second-order valence-electron chi connectivity index (χ2n) is 3.22. The Hall–Kier alpha value is -1.71. The molecule has 0 atom stereocenters. The standard InChI is InChI=1S/C10H13N3O/c1-3-11-7-5-4-6-8-9(7)13(2)10(14)12-8/h4-6,11H,3H2,1-2H3,(H,12,14). The lowest BCUT2D eigenvalue weighted by atomic mass is 10.2. The second kappa shape index (κ2) is 3.21. The van der Waals surface area contributed by atoms with Crippen LogP contribution in [0.15, 0.2) is 23.0 Å². The van der Waals surface area contributed by atoms with Gasteiger partial charge in [-0.2, -0.15) is 0 Å². The minimum absolute atomic E-state index is 0.0784. The van der Waals surface area contributed by atoms with Gasteiger partial charge in [0, 0.05) is 13.6 Å². The minimum atomic E-state index is -0.0784. The lowest BCUT2D eigenvalue weighted by Gasteiger charge is -2.05. The number of aromatic nitrogens is 2. The summed E-state index contributed by atoms with van der Waals surface area (Å²) >= 11 is 0. The molecule has 0 aliphatic rings. The number of benzene rings is 1. The van der Waals surface area contributed by atoms with Crippen LogP contribution in [0, 0.1) is 0 Å². The highest BCUT2D eigenvalue weighted by atomic mass is 16.1. The zero-order valence-electron chi connectivity index (χ0n) is 8.29. The summed E-state index contributed by atoms with van der Waals surface area (Å²) in [5.74, 6) is 0. The Labute approximate surface area is 81.6 Å². The number of aryl methyl sites for hydroxylation is 1. The number of para-hydroxylation sites is 1. The number of imidazole rings is 1. The largest absolute Gasteiger partial charge is 0.384 e. The predicted octanol–water partition coefficient (Wildman–Crippen LogP) is 1.30. The van der Waals surface area contributed by atoms with Gasteiger partial charge in [-0.1, -0.05) is 6.07 Å². The first-order valence-electron chi connectivity index (χ1n) is 4.65. The van der Waals surface area contributed by atoms with Gasteiger partial charge in [-0.25, -0.2) is 4.79 Å². The summed E-state index contributed by atoms with van der Waals surface area (Å²) in [6, 6.07) is 5.80. The van der Waals surface area contributed by atoms with E-state index in [0.29, 0.717) is 0 Å². The maximum absolute atomic E-state index is 11.4. The van der Waals surface area contributed by atoms with E-state index < -0.39 is 0 Å². The van der Waals surface area contributed by atoms with Gasteiger partial charge in [0.2, 0.25) is 0 Å². The average Bonchev–Trinajstić information content (AvgIpc) is 2.45. The number of hydrogen-bond donors (Lipinski definition) is 2. The number of anilines is 1. The molecule has 0 saturated carbocycles. The van der Waals surface area contributed by atoms with Gasteiger partial charge in [0.1, 0.15) is 0 Å². The average molecular weight is 191 g/mol. The topological polar surface area (TPSA) is 49.8 Å². The summed E-state index contributed by atoms with van der Waals surface area (Å²) in [6.45, 7) is 2.88. The van der Waals surface area contributed by atoms with Crippen LogP contribution in [0.2, 0.25) is 0 Å². The van der Waals surface area contributed by atoms with Crippen LogP contribution in [0.1, 0.15) is 6.92 Å². The Morgan fingerprint density at radius 3 is 3.00 bits per heavy atom. The van der Waals surface area contributed by atoms with Crippen molar-refractivity contribution in [1.82, 2.24) is 9.55 Å². The Morgan fingerprint density at radius 2 is 2.29 bits per heavy atom. The number of H-pyrrole nitrogens is 1. The zero-order chi connectivity index (χ0) is 10.1. The lowest BCUT2D eigenvalue weighted by molar-refractivity contribution is 0.891. The SMILES string of the molecule is CCNc1cccc2[nH]c(=O)n(C)c12. The zero-order valence-corrected chi connectivity index (χ0v) is 8.29. The molecule has 4 nitrogen and oxygen atoms in total. The van der Waals surface area contributed by atoms with Crippen molar-refractivity contribution in [3.8, 4) is 0 Å². The van der Waals surface area contributed by atoms with Crippen LogP contribution in [0.25, 0.3) is 11.0 Å². The maximum atomic E-state index is 11.4.